The van der Waals surface area contributed by atoms with Crippen LogP contribution in [0.15, 0.2) is 12.7 Å². The molecule has 0 bridgehead atoms. The molecule has 5 nitrogen and oxygen atoms in total. The summed E-state index contributed by atoms with van der Waals surface area (Å²) in [6.45, 7) is 6.18. The Bertz CT molecular complexity index is 234. The predicted molar refractivity (Wildman–Crippen MR) is 53.0 cm³/mol. The summed E-state index contributed by atoms with van der Waals surface area (Å²) in [5, 5.41) is 9.24. The van der Waals surface area contributed by atoms with Crippen LogP contribution in [0.1, 0.15) is 13.8 Å². The molecule has 0 radical (unpaired) electrons. The third kappa shape index (κ3) is 6.68. The zero-order valence-corrected chi connectivity index (χ0v) is 8.93. The van der Waals surface area contributed by atoms with Gasteiger partial charge in [-0.3, -0.25) is 4.79 Å². The van der Waals surface area contributed by atoms with Gasteiger partial charge in [0.2, 0.25) is 0 Å². The third-order valence-corrected chi connectivity index (χ3v) is 1.47. The fourth-order valence-corrected chi connectivity index (χ4v) is 0.630. The number of carbonyl (C=O) groups is 2. The fourth-order valence-electron chi connectivity index (χ4n) is 0.630. The number of aliphatic hydroxyl groups excluding tert-OH is 1. The van der Waals surface area contributed by atoms with Crippen LogP contribution >= 0.6 is 0 Å². The van der Waals surface area contributed by atoms with Crippen molar-refractivity contribution in [3.63, 3.8) is 0 Å². The van der Waals surface area contributed by atoms with Gasteiger partial charge in [-0.2, -0.15) is 0 Å². The van der Waals surface area contributed by atoms with Gasteiger partial charge in [-0.1, -0.05) is 20.4 Å². The van der Waals surface area contributed by atoms with Crippen LogP contribution in [0.25, 0.3) is 0 Å². The summed E-state index contributed by atoms with van der Waals surface area (Å²) in [5.41, 5.74) is 0. The van der Waals surface area contributed by atoms with E-state index in [1.165, 1.54) is 0 Å². The lowest BCUT2D eigenvalue weighted by Crippen LogP contribution is -2.26. The normalized spacial score (nSPS) is 12.0. The van der Waals surface area contributed by atoms with Crippen molar-refractivity contribution in [3.05, 3.63) is 12.7 Å². The molecule has 86 valence electrons. The number of rotatable bonds is 6. The monoisotopic (exact) mass is 216 g/mol. The highest BCUT2D eigenvalue weighted by Crippen LogP contribution is 1.97. The van der Waals surface area contributed by atoms with E-state index >= 15 is 0 Å². The van der Waals surface area contributed by atoms with E-state index in [1.807, 2.05) is 0 Å². The molecule has 0 aromatic carbocycles. The van der Waals surface area contributed by atoms with E-state index < -0.39 is 18.0 Å². The van der Waals surface area contributed by atoms with Gasteiger partial charge in [0, 0.05) is 6.08 Å². The smallest absolute Gasteiger partial charge is 0.330 e. The van der Waals surface area contributed by atoms with Crippen molar-refractivity contribution in [1.82, 2.24) is 0 Å². The highest BCUT2D eigenvalue weighted by Gasteiger charge is 2.12. The Hall–Kier alpha value is -1.36. The maximum Gasteiger partial charge on any atom is 0.330 e. The highest BCUT2D eigenvalue weighted by molar-refractivity contribution is 5.81. The molecule has 5 heteroatoms. The van der Waals surface area contributed by atoms with Gasteiger partial charge in [0.05, 0.1) is 5.92 Å². The first kappa shape index (κ1) is 13.6. The first-order valence-electron chi connectivity index (χ1n) is 4.61. The van der Waals surface area contributed by atoms with Crippen molar-refractivity contribution in [2.75, 3.05) is 13.2 Å². The molecule has 15 heavy (non-hydrogen) atoms. The molecule has 1 unspecified atom stereocenters. The van der Waals surface area contributed by atoms with E-state index in [9.17, 15) is 14.7 Å². The molecule has 1 N–H and O–H groups in total. The predicted octanol–water partition coefficient (Wildman–Crippen LogP) is 0.276. The van der Waals surface area contributed by atoms with E-state index in [-0.39, 0.29) is 19.1 Å². The molecular weight excluding hydrogens is 200 g/mol. The maximum atomic E-state index is 11.0. The maximum absolute atomic E-state index is 11.0. The number of ether oxygens (including phenoxy) is 2. The number of esters is 2. The van der Waals surface area contributed by atoms with Crippen molar-refractivity contribution < 1.29 is 24.2 Å². The summed E-state index contributed by atoms with van der Waals surface area (Å²) in [7, 11) is 0. The van der Waals surface area contributed by atoms with Gasteiger partial charge in [0.25, 0.3) is 0 Å². The van der Waals surface area contributed by atoms with E-state index in [1.54, 1.807) is 13.8 Å². The Labute approximate surface area is 88.7 Å². The number of hydrogen-bond donors (Lipinski definition) is 1. The van der Waals surface area contributed by atoms with Crippen molar-refractivity contribution >= 4 is 11.9 Å². The Morgan fingerprint density at radius 2 is 1.87 bits per heavy atom. The highest BCUT2D eigenvalue weighted by atomic mass is 16.6. The summed E-state index contributed by atoms with van der Waals surface area (Å²) >= 11 is 0. The Morgan fingerprint density at radius 1 is 1.33 bits per heavy atom. The SMILES string of the molecule is C=CC(=O)OCC(O)COC(=O)C(C)C. The van der Waals surface area contributed by atoms with E-state index in [4.69, 9.17) is 4.74 Å². The van der Waals surface area contributed by atoms with Gasteiger partial charge in [0.15, 0.2) is 0 Å². The number of aliphatic hydroxyl groups is 1. The molecule has 1 atom stereocenters. The largest absolute Gasteiger partial charge is 0.463 e. The number of hydrogen-bond acceptors (Lipinski definition) is 5. The quantitative estimate of drug-likeness (QED) is 0.510. The minimum absolute atomic E-state index is 0.179. The van der Waals surface area contributed by atoms with Gasteiger partial charge in [-0.25, -0.2) is 4.79 Å². The lowest BCUT2D eigenvalue weighted by atomic mass is 10.2. The van der Waals surface area contributed by atoms with E-state index in [2.05, 4.69) is 11.3 Å². The van der Waals surface area contributed by atoms with Crippen LogP contribution in [0.3, 0.4) is 0 Å². The topological polar surface area (TPSA) is 72.8 Å². The third-order valence-electron chi connectivity index (χ3n) is 1.47. The Balaban J connectivity index is 3.66. The van der Waals surface area contributed by atoms with E-state index in [0.717, 1.165) is 6.08 Å². The molecule has 0 saturated heterocycles. The zero-order valence-electron chi connectivity index (χ0n) is 8.93. The van der Waals surface area contributed by atoms with Crippen molar-refractivity contribution in [2.24, 2.45) is 5.92 Å². The van der Waals surface area contributed by atoms with Gasteiger partial charge >= 0.3 is 11.9 Å². The second-order valence-corrected chi connectivity index (χ2v) is 3.27. The summed E-state index contributed by atoms with van der Waals surface area (Å²) in [6.07, 6.45) is -0.0102. The molecule has 0 amide bonds. The van der Waals surface area contributed by atoms with Gasteiger partial charge in [-0.15, -0.1) is 0 Å². The minimum Gasteiger partial charge on any atom is -0.463 e. The van der Waals surface area contributed by atoms with Crippen molar-refractivity contribution in [1.29, 1.82) is 0 Å². The first-order chi connectivity index (χ1) is 6.97. The fraction of sp³-hybridized carbons (Fsp3) is 0.600. The molecule has 0 heterocycles. The molecule has 0 aliphatic heterocycles. The average Bonchev–Trinajstić information content (AvgIpc) is 2.21. The molecule has 0 saturated carbocycles. The van der Waals surface area contributed by atoms with Crippen LogP contribution in [-0.4, -0.2) is 36.4 Å². The van der Waals surface area contributed by atoms with Crippen LogP contribution in [0.2, 0.25) is 0 Å². The zero-order chi connectivity index (χ0) is 11.8. The van der Waals surface area contributed by atoms with Crippen LogP contribution in [-0.2, 0) is 19.1 Å². The summed E-state index contributed by atoms with van der Waals surface area (Å²) in [6, 6.07) is 0. The summed E-state index contributed by atoms with van der Waals surface area (Å²) in [5.74, 6) is -1.26. The number of carbonyl (C=O) groups excluding carboxylic acids is 2. The lowest BCUT2D eigenvalue weighted by molar-refractivity contribution is -0.153. The second-order valence-electron chi connectivity index (χ2n) is 3.27. The summed E-state index contributed by atoms with van der Waals surface area (Å²) < 4.78 is 9.27. The standard InChI is InChI=1S/C10H16O5/c1-4-9(12)14-5-8(11)6-15-10(13)7(2)3/h4,7-8,11H,1,5-6H2,2-3H3. The second kappa shape index (κ2) is 7.00. The average molecular weight is 216 g/mol. The van der Waals surface area contributed by atoms with Crippen LogP contribution in [0.4, 0.5) is 0 Å². The molecule has 0 aliphatic rings. The van der Waals surface area contributed by atoms with Gasteiger partial charge in [0.1, 0.15) is 19.3 Å². The minimum atomic E-state index is -1.00. The lowest BCUT2D eigenvalue weighted by Gasteiger charge is -2.12. The van der Waals surface area contributed by atoms with Crippen LogP contribution in [0, 0.1) is 5.92 Å². The molecular formula is C10H16O5. The van der Waals surface area contributed by atoms with Gasteiger partial charge < -0.3 is 14.6 Å². The molecule has 0 fully saturated rings. The molecule has 0 spiro atoms. The molecule has 0 aromatic rings. The molecule has 0 aromatic heterocycles. The molecule has 0 rings (SSSR count). The molecule has 0 aliphatic carbocycles. The van der Waals surface area contributed by atoms with Crippen LogP contribution in [0.5, 0.6) is 0 Å². The van der Waals surface area contributed by atoms with Crippen LogP contribution < -0.4 is 0 Å². The first-order valence-corrected chi connectivity index (χ1v) is 4.61. The van der Waals surface area contributed by atoms with Crippen molar-refractivity contribution in [3.8, 4) is 0 Å². The van der Waals surface area contributed by atoms with E-state index in [0.29, 0.717) is 0 Å². The summed E-state index contributed by atoms with van der Waals surface area (Å²) in [4.78, 5) is 21.6. The van der Waals surface area contributed by atoms with Crippen molar-refractivity contribution in [2.45, 2.75) is 20.0 Å². The Morgan fingerprint density at radius 3 is 2.33 bits per heavy atom. The Kier molecular flexibility index (Phi) is 6.37. The van der Waals surface area contributed by atoms with Gasteiger partial charge in [-0.05, 0) is 0 Å².